The van der Waals surface area contributed by atoms with Gasteiger partial charge in [0, 0.05) is 30.9 Å². The van der Waals surface area contributed by atoms with E-state index in [9.17, 15) is 14.9 Å². The summed E-state index contributed by atoms with van der Waals surface area (Å²) in [6, 6.07) is 5.69. The molecule has 8 heteroatoms. The molecule has 1 heterocycles. The SMILES string of the molecule is CCOc1ccc(C(=O)Nc2ccn(C)n2)cc1[N+](=O)[O-]. The lowest BCUT2D eigenvalue weighted by molar-refractivity contribution is -0.385. The van der Waals surface area contributed by atoms with Crippen LogP contribution in [0.1, 0.15) is 17.3 Å². The number of hydrogen-bond acceptors (Lipinski definition) is 5. The predicted molar refractivity (Wildman–Crippen MR) is 75.4 cm³/mol. The predicted octanol–water partition coefficient (Wildman–Crippen LogP) is 1.98. The molecule has 0 spiro atoms. The molecule has 2 aromatic rings. The molecular formula is C13H14N4O4. The minimum atomic E-state index is -0.581. The minimum Gasteiger partial charge on any atom is -0.487 e. The molecule has 0 saturated heterocycles. The smallest absolute Gasteiger partial charge is 0.311 e. The molecule has 1 amide bonds. The fourth-order valence-corrected chi connectivity index (χ4v) is 1.75. The average Bonchev–Trinajstić information content (AvgIpc) is 2.84. The molecule has 2 rings (SSSR count). The number of anilines is 1. The van der Waals surface area contributed by atoms with Crippen molar-refractivity contribution in [3.05, 3.63) is 46.1 Å². The minimum absolute atomic E-state index is 0.136. The van der Waals surface area contributed by atoms with Crippen LogP contribution in [0.15, 0.2) is 30.5 Å². The van der Waals surface area contributed by atoms with E-state index in [-0.39, 0.29) is 17.0 Å². The van der Waals surface area contributed by atoms with Crippen molar-refractivity contribution < 1.29 is 14.5 Å². The molecule has 1 aromatic heterocycles. The molecule has 0 bridgehead atoms. The quantitative estimate of drug-likeness (QED) is 0.670. The largest absolute Gasteiger partial charge is 0.487 e. The van der Waals surface area contributed by atoms with Gasteiger partial charge in [-0.3, -0.25) is 19.6 Å². The molecule has 0 unspecified atom stereocenters. The lowest BCUT2D eigenvalue weighted by Gasteiger charge is -2.06. The monoisotopic (exact) mass is 290 g/mol. The number of ether oxygens (including phenoxy) is 1. The third-order valence-electron chi connectivity index (χ3n) is 2.67. The second-order valence-corrected chi connectivity index (χ2v) is 4.20. The van der Waals surface area contributed by atoms with Crippen molar-refractivity contribution in [2.75, 3.05) is 11.9 Å². The molecule has 21 heavy (non-hydrogen) atoms. The summed E-state index contributed by atoms with van der Waals surface area (Å²) < 4.78 is 6.70. The van der Waals surface area contributed by atoms with Crippen LogP contribution in [0.2, 0.25) is 0 Å². The first kappa shape index (κ1) is 14.5. The van der Waals surface area contributed by atoms with Gasteiger partial charge in [0.2, 0.25) is 0 Å². The summed E-state index contributed by atoms with van der Waals surface area (Å²) in [6.45, 7) is 2.03. The Hall–Kier alpha value is -2.90. The van der Waals surface area contributed by atoms with Crippen molar-refractivity contribution in [2.24, 2.45) is 7.05 Å². The number of benzene rings is 1. The third-order valence-corrected chi connectivity index (χ3v) is 2.67. The highest BCUT2D eigenvalue weighted by Gasteiger charge is 2.19. The highest BCUT2D eigenvalue weighted by molar-refractivity contribution is 6.04. The van der Waals surface area contributed by atoms with Gasteiger partial charge in [-0.15, -0.1) is 0 Å². The van der Waals surface area contributed by atoms with Gasteiger partial charge >= 0.3 is 5.69 Å². The molecule has 0 radical (unpaired) electrons. The molecule has 0 fully saturated rings. The van der Waals surface area contributed by atoms with Gasteiger partial charge in [0.15, 0.2) is 11.6 Å². The van der Waals surface area contributed by atoms with E-state index in [4.69, 9.17) is 4.74 Å². The van der Waals surface area contributed by atoms with Crippen LogP contribution in [-0.4, -0.2) is 27.2 Å². The van der Waals surface area contributed by atoms with Crippen LogP contribution < -0.4 is 10.1 Å². The standard InChI is InChI=1S/C13H14N4O4/c1-3-21-11-5-4-9(8-10(11)17(19)20)13(18)14-12-6-7-16(2)15-12/h4-8H,3H2,1-2H3,(H,14,15,18). The van der Waals surface area contributed by atoms with Crippen LogP contribution in [0.25, 0.3) is 0 Å². The number of nitrogens with one attached hydrogen (secondary N) is 1. The summed E-state index contributed by atoms with van der Waals surface area (Å²) in [4.78, 5) is 22.5. The highest BCUT2D eigenvalue weighted by atomic mass is 16.6. The molecule has 0 aliphatic carbocycles. The van der Waals surface area contributed by atoms with Gasteiger partial charge in [-0.2, -0.15) is 5.10 Å². The average molecular weight is 290 g/mol. The number of nitro benzene ring substituents is 1. The van der Waals surface area contributed by atoms with Crippen LogP contribution in [0.3, 0.4) is 0 Å². The Balaban J connectivity index is 2.25. The number of hydrogen-bond donors (Lipinski definition) is 1. The van der Waals surface area contributed by atoms with Crippen molar-refractivity contribution >= 4 is 17.4 Å². The number of nitro groups is 1. The van der Waals surface area contributed by atoms with E-state index in [1.807, 2.05) is 0 Å². The lowest BCUT2D eigenvalue weighted by atomic mass is 10.1. The molecule has 0 saturated carbocycles. The molecule has 110 valence electrons. The Kier molecular flexibility index (Phi) is 4.17. The zero-order valence-electron chi connectivity index (χ0n) is 11.6. The second kappa shape index (κ2) is 6.04. The molecule has 8 nitrogen and oxygen atoms in total. The van der Waals surface area contributed by atoms with Crippen LogP contribution in [-0.2, 0) is 7.05 Å². The molecule has 1 aromatic carbocycles. The van der Waals surface area contributed by atoms with Crippen LogP contribution in [0.4, 0.5) is 11.5 Å². The Morgan fingerprint density at radius 1 is 1.48 bits per heavy atom. The summed E-state index contributed by atoms with van der Waals surface area (Å²) in [5, 5.41) is 17.6. The number of rotatable bonds is 5. The van der Waals surface area contributed by atoms with Crippen molar-refractivity contribution in [2.45, 2.75) is 6.92 Å². The maximum Gasteiger partial charge on any atom is 0.311 e. The molecule has 0 aliphatic heterocycles. The van der Waals surface area contributed by atoms with Crippen molar-refractivity contribution in [1.82, 2.24) is 9.78 Å². The Morgan fingerprint density at radius 2 is 2.24 bits per heavy atom. The van der Waals surface area contributed by atoms with E-state index in [0.717, 1.165) is 0 Å². The summed E-state index contributed by atoms with van der Waals surface area (Å²) in [7, 11) is 1.72. The second-order valence-electron chi connectivity index (χ2n) is 4.20. The summed E-state index contributed by atoms with van der Waals surface area (Å²) >= 11 is 0. The lowest BCUT2D eigenvalue weighted by Crippen LogP contribution is -2.13. The maximum atomic E-state index is 12.0. The fraction of sp³-hybridized carbons (Fsp3) is 0.231. The summed E-state index contributed by atoms with van der Waals surface area (Å²) in [5.41, 5.74) is -0.0821. The Labute approximate surface area is 120 Å². The van der Waals surface area contributed by atoms with E-state index in [1.54, 1.807) is 26.2 Å². The van der Waals surface area contributed by atoms with E-state index in [2.05, 4.69) is 10.4 Å². The van der Waals surface area contributed by atoms with Gasteiger partial charge < -0.3 is 10.1 Å². The van der Waals surface area contributed by atoms with Gasteiger partial charge in [-0.1, -0.05) is 0 Å². The number of carbonyl (C=O) groups excluding carboxylic acids is 1. The van der Waals surface area contributed by atoms with Crippen molar-refractivity contribution in [1.29, 1.82) is 0 Å². The molecule has 0 aliphatic rings. The Morgan fingerprint density at radius 3 is 2.81 bits per heavy atom. The van der Waals surface area contributed by atoms with Crippen LogP contribution >= 0.6 is 0 Å². The summed E-state index contributed by atoms with van der Waals surface area (Å²) in [5.74, 6) is 0.0378. The van der Waals surface area contributed by atoms with Crippen molar-refractivity contribution in [3.8, 4) is 5.75 Å². The number of nitrogens with zero attached hydrogens (tertiary/aromatic N) is 3. The van der Waals surface area contributed by atoms with E-state index < -0.39 is 10.8 Å². The molecule has 0 atom stereocenters. The topological polar surface area (TPSA) is 99.3 Å². The van der Waals surface area contributed by atoms with E-state index in [0.29, 0.717) is 12.4 Å². The highest BCUT2D eigenvalue weighted by Crippen LogP contribution is 2.28. The van der Waals surface area contributed by atoms with E-state index in [1.165, 1.54) is 22.9 Å². The maximum absolute atomic E-state index is 12.0. The van der Waals surface area contributed by atoms with Crippen LogP contribution in [0.5, 0.6) is 5.75 Å². The number of aryl methyl sites for hydroxylation is 1. The normalized spacial score (nSPS) is 10.2. The number of aromatic nitrogens is 2. The van der Waals surface area contributed by atoms with E-state index >= 15 is 0 Å². The van der Waals surface area contributed by atoms with Gasteiger partial charge in [0.05, 0.1) is 11.5 Å². The summed E-state index contributed by atoms with van der Waals surface area (Å²) in [6.07, 6.45) is 1.68. The number of carbonyl (C=O) groups is 1. The van der Waals surface area contributed by atoms with Gasteiger partial charge in [-0.05, 0) is 19.1 Å². The van der Waals surface area contributed by atoms with Gasteiger partial charge in [0.25, 0.3) is 5.91 Å². The molecular weight excluding hydrogens is 276 g/mol. The first-order valence-electron chi connectivity index (χ1n) is 6.23. The first-order valence-corrected chi connectivity index (χ1v) is 6.23. The first-order chi connectivity index (χ1) is 10.0. The zero-order valence-corrected chi connectivity index (χ0v) is 11.6. The third kappa shape index (κ3) is 3.35. The zero-order chi connectivity index (χ0) is 15.4. The number of amides is 1. The van der Waals surface area contributed by atoms with Crippen LogP contribution in [0, 0.1) is 10.1 Å². The van der Waals surface area contributed by atoms with Crippen molar-refractivity contribution in [3.63, 3.8) is 0 Å². The van der Waals surface area contributed by atoms with Gasteiger partial charge in [-0.25, -0.2) is 0 Å². The Bertz CT molecular complexity index is 681. The molecule has 1 N–H and O–H groups in total. The fourth-order valence-electron chi connectivity index (χ4n) is 1.75. The van der Waals surface area contributed by atoms with Gasteiger partial charge in [0.1, 0.15) is 0 Å².